The van der Waals surface area contributed by atoms with Crippen LogP contribution in [0, 0.1) is 13.8 Å². The molecule has 1 aliphatic rings. The van der Waals surface area contributed by atoms with Gasteiger partial charge in [0, 0.05) is 18.0 Å². The van der Waals surface area contributed by atoms with Crippen LogP contribution < -0.4 is 20.1 Å². The molecule has 2 aromatic carbocycles. The molecule has 0 radical (unpaired) electrons. The first kappa shape index (κ1) is 26.2. The van der Waals surface area contributed by atoms with Gasteiger partial charge in [0.1, 0.15) is 19.0 Å². The molecule has 0 unspecified atom stereocenters. The van der Waals surface area contributed by atoms with Crippen LogP contribution in [0.3, 0.4) is 0 Å². The largest absolute Gasteiger partial charge is 0.493 e. The number of aliphatic imine (C=N–C) groups is 1. The van der Waals surface area contributed by atoms with E-state index >= 15 is 0 Å². The van der Waals surface area contributed by atoms with Gasteiger partial charge in [0.25, 0.3) is 0 Å². The van der Waals surface area contributed by atoms with E-state index in [0.717, 1.165) is 30.8 Å². The first-order valence-electron chi connectivity index (χ1n) is 12.4. The average Bonchev–Trinajstić information content (AvgIpc) is 3.39. The van der Waals surface area contributed by atoms with Gasteiger partial charge in [-0.1, -0.05) is 18.2 Å². The Hall–Kier alpha value is -3.92. The van der Waals surface area contributed by atoms with E-state index in [4.69, 9.17) is 15.2 Å². The maximum Gasteiger partial charge on any atom is 0.326 e. The van der Waals surface area contributed by atoms with Crippen LogP contribution in [-0.2, 0) is 4.79 Å². The van der Waals surface area contributed by atoms with Gasteiger partial charge in [-0.25, -0.2) is 14.8 Å². The number of benzene rings is 2. The van der Waals surface area contributed by atoms with Crippen molar-refractivity contribution < 1.29 is 19.4 Å². The van der Waals surface area contributed by atoms with Crippen molar-refractivity contribution in [1.29, 1.82) is 0 Å². The fourth-order valence-corrected chi connectivity index (χ4v) is 4.67. The zero-order valence-corrected chi connectivity index (χ0v) is 21.8. The summed E-state index contributed by atoms with van der Waals surface area (Å²) >= 11 is 0. The van der Waals surface area contributed by atoms with Crippen LogP contribution in [0.1, 0.15) is 30.9 Å². The molecule has 1 aromatic heterocycles. The number of hydrogen-bond donors (Lipinski definition) is 2. The molecule has 1 atom stereocenters. The molecule has 10 heteroatoms. The Morgan fingerprint density at radius 3 is 2.54 bits per heavy atom. The molecule has 0 spiro atoms. The fourth-order valence-electron chi connectivity index (χ4n) is 4.67. The number of hydrogen-bond acceptors (Lipinski definition) is 7. The van der Waals surface area contributed by atoms with Crippen LogP contribution in [0.2, 0.25) is 0 Å². The second kappa shape index (κ2) is 11.4. The van der Waals surface area contributed by atoms with Crippen LogP contribution in [0.4, 0.5) is 11.5 Å². The quantitative estimate of drug-likeness (QED) is 0.330. The van der Waals surface area contributed by atoms with Crippen LogP contribution in [-0.4, -0.2) is 71.3 Å². The Kier molecular flexibility index (Phi) is 8.08. The Morgan fingerprint density at radius 2 is 1.89 bits per heavy atom. The Labute approximate surface area is 216 Å². The zero-order valence-electron chi connectivity index (χ0n) is 21.8. The third kappa shape index (κ3) is 5.75. The number of nitrogens with two attached hydrogens (primary N) is 1. The van der Waals surface area contributed by atoms with Crippen molar-refractivity contribution in [3.63, 3.8) is 0 Å². The van der Waals surface area contributed by atoms with Gasteiger partial charge in [-0.2, -0.15) is 4.99 Å². The zero-order chi connectivity index (χ0) is 26.5. The van der Waals surface area contributed by atoms with E-state index in [1.165, 1.54) is 24.1 Å². The lowest BCUT2D eigenvalue weighted by molar-refractivity contribution is -0.137. The van der Waals surface area contributed by atoms with Gasteiger partial charge >= 0.3 is 5.97 Å². The van der Waals surface area contributed by atoms with Crippen molar-refractivity contribution in [2.24, 2.45) is 10.7 Å². The molecule has 3 aromatic rings. The molecule has 196 valence electrons. The highest BCUT2D eigenvalue weighted by atomic mass is 16.5. The van der Waals surface area contributed by atoms with Crippen LogP contribution in [0.5, 0.6) is 11.5 Å². The molecule has 3 N–H and O–H groups in total. The summed E-state index contributed by atoms with van der Waals surface area (Å²) in [5, 5.41) is 10.4. The van der Waals surface area contributed by atoms with Gasteiger partial charge in [-0.05, 0) is 63.9 Å². The number of guanidine groups is 1. The van der Waals surface area contributed by atoms with Crippen molar-refractivity contribution in [1.82, 2.24) is 14.9 Å². The van der Waals surface area contributed by atoms with E-state index in [1.54, 1.807) is 26.2 Å². The van der Waals surface area contributed by atoms with Gasteiger partial charge in [-0.3, -0.25) is 9.80 Å². The van der Waals surface area contributed by atoms with E-state index in [0.29, 0.717) is 40.5 Å². The number of likely N-dealkylation sites (tertiary alicyclic amines) is 1. The monoisotopic (exact) mass is 506 g/mol. The standard InChI is InChI=1S/C27H34N6O4/c1-17-8-7-9-18(2)24(17)33(19(3)26(34)35)27(28)31-25-20-14-22(36-4)23(15-21(20)29-16-30-25)37-13-12-32-10-5-6-11-32/h7-9,14-16,19H,5-6,10-13H2,1-4H3,(H,34,35)(H2,28,29,30,31)/t19-/m1/s1. The normalized spacial score (nSPS) is 15.1. The summed E-state index contributed by atoms with van der Waals surface area (Å²) in [5.41, 5.74) is 9.55. The maximum atomic E-state index is 12.0. The minimum atomic E-state index is -1.02. The molecular weight excluding hydrogens is 472 g/mol. The van der Waals surface area contributed by atoms with Gasteiger partial charge in [0.2, 0.25) is 5.96 Å². The number of aryl methyl sites for hydroxylation is 2. The SMILES string of the molecule is COc1cc2c(N=C(N)N(c3c(C)cccc3C)[C@H](C)C(=O)O)ncnc2cc1OCCN1CCCC1. The summed E-state index contributed by atoms with van der Waals surface area (Å²) in [4.78, 5) is 29.2. The highest BCUT2D eigenvalue weighted by Gasteiger charge is 2.27. The molecular formula is C27H34N6O4. The number of anilines is 1. The number of methoxy groups -OCH3 is 1. The summed E-state index contributed by atoms with van der Waals surface area (Å²) in [5.74, 6) is 0.415. The summed E-state index contributed by atoms with van der Waals surface area (Å²) in [6.45, 7) is 9.00. The molecule has 4 rings (SSSR count). The van der Waals surface area contributed by atoms with Crippen molar-refractivity contribution in [3.05, 3.63) is 47.8 Å². The van der Waals surface area contributed by atoms with E-state index in [1.807, 2.05) is 32.0 Å². The fraction of sp³-hybridized carbons (Fsp3) is 0.407. The van der Waals surface area contributed by atoms with Crippen molar-refractivity contribution >= 4 is 34.3 Å². The highest BCUT2D eigenvalue weighted by molar-refractivity contribution is 6.04. The first-order valence-corrected chi connectivity index (χ1v) is 12.4. The molecule has 37 heavy (non-hydrogen) atoms. The lowest BCUT2D eigenvalue weighted by Gasteiger charge is -2.30. The molecule has 10 nitrogen and oxygen atoms in total. The lowest BCUT2D eigenvalue weighted by atomic mass is 10.1. The topological polar surface area (TPSA) is 126 Å². The third-order valence-electron chi connectivity index (χ3n) is 6.66. The molecule has 1 saturated heterocycles. The summed E-state index contributed by atoms with van der Waals surface area (Å²) in [6.07, 6.45) is 3.86. The number of nitrogens with zero attached hydrogens (tertiary/aromatic N) is 5. The number of rotatable bonds is 9. The number of ether oxygens (including phenoxy) is 2. The second-order valence-corrected chi connectivity index (χ2v) is 9.21. The van der Waals surface area contributed by atoms with E-state index < -0.39 is 12.0 Å². The maximum absolute atomic E-state index is 12.0. The summed E-state index contributed by atoms with van der Waals surface area (Å²) in [6, 6.07) is 8.36. The molecule has 1 fully saturated rings. The van der Waals surface area contributed by atoms with Gasteiger partial charge < -0.3 is 20.3 Å². The predicted octanol–water partition coefficient (Wildman–Crippen LogP) is 3.66. The van der Waals surface area contributed by atoms with Gasteiger partial charge in [0.05, 0.1) is 18.3 Å². The number of fused-ring (bicyclic) bond motifs is 1. The number of para-hydroxylation sites is 1. The molecule has 0 bridgehead atoms. The molecule has 0 aliphatic carbocycles. The van der Waals surface area contributed by atoms with Crippen LogP contribution >= 0.6 is 0 Å². The number of carbonyl (C=O) groups is 1. The van der Waals surface area contributed by atoms with Gasteiger partial charge in [-0.15, -0.1) is 0 Å². The van der Waals surface area contributed by atoms with Crippen molar-refractivity contribution in [2.75, 3.05) is 38.3 Å². The molecule has 0 amide bonds. The molecule has 2 heterocycles. The van der Waals surface area contributed by atoms with Crippen LogP contribution in [0.15, 0.2) is 41.7 Å². The number of carboxylic acid groups (broad SMARTS) is 1. The second-order valence-electron chi connectivity index (χ2n) is 9.21. The number of carboxylic acids is 1. The third-order valence-corrected chi connectivity index (χ3v) is 6.66. The smallest absolute Gasteiger partial charge is 0.326 e. The summed E-state index contributed by atoms with van der Waals surface area (Å²) in [7, 11) is 1.58. The number of aromatic nitrogens is 2. The predicted molar refractivity (Wildman–Crippen MR) is 144 cm³/mol. The Balaban J connectivity index is 1.70. The summed E-state index contributed by atoms with van der Waals surface area (Å²) < 4.78 is 11.6. The Bertz CT molecular complexity index is 1290. The minimum absolute atomic E-state index is 0.0113. The van der Waals surface area contributed by atoms with E-state index in [2.05, 4.69) is 19.9 Å². The van der Waals surface area contributed by atoms with Crippen molar-refractivity contribution in [3.8, 4) is 11.5 Å². The van der Waals surface area contributed by atoms with Crippen LogP contribution in [0.25, 0.3) is 10.9 Å². The molecule has 1 aliphatic heterocycles. The van der Waals surface area contributed by atoms with Crippen molar-refractivity contribution in [2.45, 2.75) is 39.7 Å². The molecule has 0 saturated carbocycles. The minimum Gasteiger partial charge on any atom is -0.493 e. The Morgan fingerprint density at radius 1 is 1.19 bits per heavy atom. The van der Waals surface area contributed by atoms with E-state index in [9.17, 15) is 9.90 Å². The van der Waals surface area contributed by atoms with E-state index in [-0.39, 0.29) is 5.96 Å². The number of aliphatic carboxylic acids is 1. The van der Waals surface area contributed by atoms with Gasteiger partial charge in [0.15, 0.2) is 17.3 Å². The average molecular weight is 507 g/mol. The lowest BCUT2D eigenvalue weighted by Crippen LogP contribution is -2.48. The first-order chi connectivity index (χ1) is 17.8. The highest BCUT2D eigenvalue weighted by Crippen LogP contribution is 2.35.